The highest BCUT2D eigenvalue weighted by atomic mass is 16.3. The van der Waals surface area contributed by atoms with E-state index >= 15 is 0 Å². The summed E-state index contributed by atoms with van der Waals surface area (Å²) in [6.07, 6.45) is 2.46. The Morgan fingerprint density at radius 1 is 1.04 bits per heavy atom. The maximum atomic E-state index is 10.2. The van der Waals surface area contributed by atoms with E-state index in [9.17, 15) is 5.11 Å². The second-order valence-electron chi connectivity index (χ2n) is 6.60. The Morgan fingerprint density at radius 2 is 1.83 bits per heavy atom. The summed E-state index contributed by atoms with van der Waals surface area (Å²) in [5.74, 6) is 2.44. The molecule has 2 aromatic carbocycles. The number of aromatic nitrogens is 2. The van der Waals surface area contributed by atoms with E-state index in [4.69, 9.17) is 4.98 Å². The number of nitrogens with zero attached hydrogens (tertiary/aromatic N) is 3. The van der Waals surface area contributed by atoms with Gasteiger partial charge in [0, 0.05) is 18.5 Å². The first kappa shape index (κ1) is 14.9. The third-order valence-corrected chi connectivity index (χ3v) is 4.68. The van der Waals surface area contributed by atoms with Gasteiger partial charge in [0.1, 0.15) is 11.6 Å². The summed E-state index contributed by atoms with van der Waals surface area (Å²) in [4.78, 5) is 11.9. The van der Waals surface area contributed by atoms with Crippen LogP contribution >= 0.6 is 0 Å². The average molecular weight is 319 g/mol. The summed E-state index contributed by atoms with van der Waals surface area (Å²) in [6, 6.07) is 15.4. The van der Waals surface area contributed by atoms with Crippen LogP contribution in [0.25, 0.3) is 22.3 Å². The van der Waals surface area contributed by atoms with E-state index < -0.39 is 0 Å². The molecule has 24 heavy (non-hydrogen) atoms. The van der Waals surface area contributed by atoms with Gasteiger partial charge in [-0.15, -0.1) is 0 Å². The quantitative estimate of drug-likeness (QED) is 0.767. The number of aromatic hydroxyl groups is 1. The van der Waals surface area contributed by atoms with E-state index in [1.54, 1.807) is 6.07 Å². The van der Waals surface area contributed by atoms with Crippen LogP contribution in [-0.2, 0) is 0 Å². The Bertz CT molecular complexity index is 878. The Labute approximate surface area is 141 Å². The summed E-state index contributed by atoms with van der Waals surface area (Å²) in [5.41, 5.74) is 1.59. The van der Waals surface area contributed by atoms with Crippen molar-refractivity contribution in [2.75, 3.05) is 18.0 Å². The number of benzene rings is 2. The zero-order valence-corrected chi connectivity index (χ0v) is 13.8. The number of para-hydroxylation sites is 2. The van der Waals surface area contributed by atoms with Crippen LogP contribution in [0.3, 0.4) is 0 Å². The summed E-state index contributed by atoms with van der Waals surface area (Å²) in [7, 11) is 0. The SMILES string of the molecule is C[C@@H]1CCCN(c2nc(-c3ccccc3O)nc3ccccc23)C1. The van der Waals surface area contributed by atoms with Crippen LogP contribution in [0.1, 0.15) is 19.8 Å². The van der Waals surface area contributed by atoms with E-state index in [1.807, 2.05) is 36.4 Å². The van der Waals surface area contributed by atoms with Gasteiger partial charge in [0.25, 0.3) is 0 Å². The monoisotopic (exact) mass is 319 g/mol. The molecule has 1 atom stereocenters. The molecule has 1 saturated heterocycles. The lowest BCUT2D eigenvalue weighted by molar-refractivity contribution is 0.445. The number of hydrogen-bond acceptors (Lipinski definition) is 4. The van der Waals surface area contributed by atoms with Crippen molar-refractivity contribution >= 4 is 16.7 Å². The van der Waals surface area contributed by atoms with Crippen LogP contribution in [-0.4, -0.2) is 28.2 Å². The fraction of sp³-hybridized carbons (Fsp3) is 0.300. The Morgan fingerprint density at radius 3 is 2.67 bits per heavy atom. The highest BCUT2D eigenvalue weighted by Crippen LogP contribution is 2.32. The van der Waals surface area contributed by atoms with Crippen LogP contribution in [0, 0.1) is 5.92 Å². The van der Waals surface area contributed by atoms with E-state index in [2.05, 4.69) is 22.9 Å². The maximum absolute atomic E-state index is 10.2. The molecular weight excluding hydrogens is 298 g/mol. The zero-order chi connectivity index (χ0) is 16.5. The first-order chi connectivity index (χ1) is 11.7. The minimum atomic E-state index is 0.214. The van der Waals surface area contributed by atoms with E-state index in [0.717, 1.165) is 29.8 Å². The standard InChI is InChI=1S/C20H21N3O/c1-14-7-6-12-23(13-14)20-15-8-2-4-10-17(15)21-19(22-20)16-9-3-5-11-18(16)24/h2-5,8-11,14,24H,6-7,12-13H2,1H3/t14-/m1/s1. The molecule has 0 amide bonds. The van der Waals surface area contributed by atoms with Crippen molar-refractivity contribution in [2.24, 2.45) is 5.92 Å². The molecule has 0 unspecified atom stereocenters. The smallest absolute Gasteiger partial charge is 0.165 e. The Hall–Kier alpha value is -2.62. The molecule has 1 N–H and O–H groups in total. The molecule has 0 radical (unpaired) electrons. The Balaban J connectivity index is 1.90. The lowest BCUT2D eigenvalue weighted by atomic mass is 10.00. The number of anilines is 1. The number of hydrogen-bond donors (Lipinski definition) is 1. The number of piperidine rings is 1. The first-order valence-electron chi connectivity index (χ1n) is 8.52. The van der Waals surface area contributed by atoms with Crippen LogP contribution in [0.5, 0.6) is 5.75 Å². The van der Waals surface area contributed by atoms with Crippen molar-refractivity contribution in [3.63, 3.8) is 0 Å². The molecule has 1 aliphatic heterocycles. The van der Waals surface area contributed by atoms with Crippen molar-refractivity contribution in [3.05, 3.63) is 48.5 Å². The van der Waals surface area contributed by atoms with E-state index in [1.165, 1.54) is 12.8 Å². The molecule has 4 nitrogen and oxygen atoms in total. The van der Waals surface area contributed by atoms with Crippen molar-refractivity contribution in [3.8, 4) is 17.1 Å². The van der Waals surface area contributed by atoms with Gasteiger partial charge >= 0.3 is 0 Å². The van der Waals surface area contributed by atoms with Crippen molar-refractivity contribution in [1.82, 2.24) is 9.97 Å². The second-order valence-corrected chi connectivity index (χ2v) is 6.60. The summed E-state index contributed by atoms with van der Waals surface area (Å²) < 4.78 is 0. The molecule has 122 valence electrons. The summed E-state index contributed by atoms with van der Waals surface area (Å²) >= 11 is 0. The third kappa shape index (κ3) is 2.68. The van der Waals surface area contributed by atoms with Crippen molar-refractivity contribution in [1.29, 1.82) is 0 Å². The van der Waals surface area contributed by atoms with E-state index in [-0.39, 0.29) is 5.75 Å². The molecule has 3 aromatic rings. The maximum Gasteiger partial charge on any atom is 0.165 e. The lowest BCUT2D eigenvalue weighted by Crippen LogP contribution is -2.35. The van der Waals surface area contributed by atoms with Crippen LogP contribution in [0.2, 0.25) is 0 Å². The van der Waals surface area contributed by atoms with Gasteiger partial charge in [0.2, 0.25) is 0 Å². The molecule has 2 heterocycles. The Kier molecular flexibility index (Phi) is 3.81. The van der Waals surface area contributed by atoms with Crippen molar-refractivity contribution in [2.45, 2.75) is 19.8 Å². The number of rotatable bonds is 2. The lowest BCUT2D eigenvalue weighted by Gasteiger charge is -2.32. The normalized spacial score (nSPS) is 18.0. The fourth-order valence-corrected chi connectivity index (χ4v) is 3.47. The molecule has 4 heteroatoms. The fourth-order valence-electron chi connectivity index (χ4n) is 3.47. The highest BCUT2D eigenvalue weighted by molar-refractivity contribution is 5.91. The average Bonchev–Trinajstić information content (AvgIpc) is 2.61. The minimum Gasteiger partial charge on any atom is -0.507 e. The largest absolute Gasteiger partial charge is 0.507 e. The van der Waals surface area contributed by atoms with E-state index in [0.29, 0.717) is 17.3 Å². The van der Waals surface area contributed by atoms with Crippen molar-refractivity contribution < 1.29 is 5.11 Å². The predicted molar refractivity (Wildman–Crippen MR) is 97.2 cm³/mol. The molecule has 0 bridgehead atoms. The van der Waals surface area contributed by atoms with Gasteiger partial charge in [0.15, 0.2) is 5.82 Å². The molecule has 0 spiro atoms. The van der Waals surface area contributed by atoms with Gasteiger partial charge in [0.05, 0.1) is 11.1 Å². The molecular formula is C20H21N3O. The molecule has 0 aliphatic carbocycles. The molecule has 1 aromatic heterocycles. The molecule has 1 fully saturated rings. The van der Waals surface area contributed by atoms with Gasteiger partial charge in [-0.2, -0.15) is 0 Å². The number of phenols is 1. The van der Waals surface area contributed by atoms with Gasteiger partial charge < -0.3 is 10.0 Å². The highest BCUT2D eigenvalue weighted by Gasteiger charge is 2.21. The van der Waals surface area contributed by atoms with Gasteiger partial charge in [-0.25, -0.2) is 9.97 Å². The zero-order valence-electron chi connectivity index (χ0n) is 13.8. The van der Waals surface area contributed by atoms with Crippen LogP contribution in [0.15, 0.2) is 48.5 Å². The predicted octanol–water partition coefficient (Wildman–Crippen LogP) is 4.24. The van der Waals surface area contributed by atoms with Gasteiger partial charge in [-0.3, -0.25) is 0 Å². The topological polar surface area (TPSA) is 49.2 Å². The van der Waals surface area contributed by atoms with Gasteiger partial charge in [-0.1, -0.05) is 31.2 Å². The molecule has 1 aliphatic rings. The second kappa shape index (κ2) is 6.11. The molecule has 4 rings (SSSR count). The molecule has 0 saturated carbocycles. The summed E-state index contributed by atoms with van der Waals surface area (Å²) in [6.45, 7) is 4.33. The van der Waals surface area contributed by atoms with Crippen LogP contribution < -0.4 is 4.90 Å². The first-order valence-corrected chi connectivity index (χ1v) is 8.52. The minimum absolute atomic E-state index is 0.214. The third-order valence-electron chi connectivity index (χ3n) is 4.68. The summed E-state index contributed by atoms with van der Waals surface area (Å²) in [5, 5.41) is 11.3. The number of fused-ring (bicyclic) bond motifs is 1. The number of phenolic OH excluding ortho intramolecular Hbond substituents is 1. The van der Waals surface area contributed by atoms with Gasteiger partial charge in [-0.05, 0) is 43.0 Å². The van der Waals surface area contributed by atoms with Crippen LogP contribution in [0.4, 0.5) is 5.82 Å².